The van der Waals surface area contributed by atoms with E-state index in [0.717, 1.165) is 0 Å². The van der Waals surface area contributed by atoms with Gasteiger partial charge in [-0.25, -0.2) is 4.39 Å². The van der Waals surface area contributed by atoms with Gasteiger partial charge in [-0.1, -0.05) is 35.9 Å². The molecule has 9 nitrogen and oxygen atoms in total. The minimum Gasteiger partial charge on any atom is -0.496 e. The molecule has 0 aliphatic rings. The van der Waals surface area contributed by atoms with Gasteiger partial charge in [-0.2, -0.15) is 0 Å². The molecule has 0 saturated heterocycles. The normalized spacial score (nSPS) is 10.9. The third-order valence-electron chi connectivity index (χ3n) is 6.23. The van der Waals surface area contributed by atoms with Crippen LogP contribution in [0.3, 0.4) is 0 Å². The highest BCUT2D eigenvalue weighted by Crippen LogP contribution is 2.35. The molecule has 0 aliphatic heterocycles. The fourth-order valence-corrected chi connectivity index (χ4v) is 4.98. The third-order valence-corrected chi connectivity index (χ3v) is 7.51. The maximum atomic E-state index is 13.6. The zero-order chi connectivity index (χ0) is 32.3. The summed E-state index contributed by atoms with van der Waals surface area (Å²) in [5.74, 6) is -0.752. The zero-order valence-electron chi connectivity index (χ0n) is 24.5. The van der Waals surface area contributed by atoms with Crippen LogP contribution in [0.1, 0.15) is 15.9 Å². The number of halogens is 2. The molecule has 0 unspecified atom stereocenters. The average molecular weight is 650 g/mol. The van der Waals surface area contributed by atoms with Gasteiger partial charge in [0.1, 0.15) is 17.3 Å². The van der Waals surface area contributed by atoms with Gasteiger partial charge in [-0.3, -0.25) is 14.4 Å². The lowest BCUT2D eigenvalue weighted by Gasteiger charge is -2.15. The van der Waals surface area contributed by atoms with Crippen LogP contribution in [0, 0.1) is 5.82 Å². The van der Waals surface area contributed by atoms with Gasteiger partial charge in [0.25, 0.3) is 11.8 Å². The van der Waals surface area contributed by atoms with E-state index in [1.54, 1.807) is 66.7 Å². The lowest BCUT2D eigenvalue weighted by atomic mass is 10.1. The van der Waals surface area contributed by atoms with Crippen LogP contribution in [-0.4, -0.2) is 44.8 Å². The third kappa shape index (κ3) is 9.01. The molecule has 0 aliphatic carbocycles. The Morgan fingerprint density at radius 2 is 1.49 bits per heavy atom. The van der Waals surface area contributed by atoms with Crippen LogP contribution in [0.2, 0.25) is 5.02 Å². The number of hydrogen-bond donors (Lipinski definition) is 3. The highest BCUT2D eigenvalue weighted by molar-refractivity contribution is 8.00. The van der Waals surface area contributed by atoms with Gasteiger partial charge in [-0.15, -0.1) is 11.8 Å². The van der Waals surface area contributed by atoms with Crippen LogP contribution >= 0.6 is 23.4 Å². The fourth-order valence-electron chi connectivity index (χ4n) is 4.05. The minimum atomic E-state index is -0.607. The van der Waals surface area contributed by atoms with Crippen LogP contribution in [0.15, 0.2) is 95.5 Å². The van der Waals surface area contributed by atoms with Crippen LogP contribution in [0.4, 0.5) is 15.8 Å². The molecule has 0 bridgehead atoms. The molecular weight excluding hydrogens is 621 g/mol. The number of carbonyl (C=O) groups excluding carboxylic acids is 3. The van der Waals surface area contributed by atoms with Gasteiger partial charge in [0, 0.05) is 33.5 Å². The molecule has 0 spiro atoms. The van der Waals surface area contributed by atoms with Gasteiger partial charge in [0.05, 0.1) is 32.1 Å². The molecular formula is C33H29ClFN3O6S. The SMILES string of the molecule is COc1cc(OC)c(OC)cc1/C=C(/NC(=O)c1ccccc1)C(=O)Nc1cccc(SCC(=O)Nc2ccc(F)c(Cl)c2)c1. The first kappa shape index (κ1) is 32.9. The largest absolute Gasteiger partial charge is 0.496 e. The zero-order valence-corrected chi connectivity index (χ0v) is 26.1. The van der Waals surface area contributed by atoms with E-state index in [1.165, 1.54) is 57.4 Å². The summed E-state index contributed by atoms with van der Waals surface area (Å²) in [6.07, 6.45) is 1.47. The Morgan fingerprint density at radius 3 is 2.18 bits per heavy atom. The van der Waals surface area contributed by atoms with Crippen LogP contribution < -0.4 is 30.2 Å². The first-order chi connectivity index (χ1) is 21.7. The van der Waals surface area contributed by atoms with Crippen LogP contribution in [-0.2, 0) is 9.59 Å². The van der Waals surface area contributed by atoms with Crippen molar-refractivity contribution >= 4 is 58.5 Å². The summed E-state index contributed by atoms with van der Waals surface area (Å²) in [5, 5.41) is 8.07. The topological polar surface area (TPSA) is 115 Å². The van der Waals surface area contributed by atoms with Crippen molar-refractivity contribution < 1.29 is 33.0 Å². The molecule has 232 valence electrons. The van der Waals surface area contributed by atoms with Crippen molar-refractivity contribution in [3.8, 4) is 17.2 Å². The summed E-state index contributed by atoms with van der Waals surface area (Å²) in [6, 6.07) is 22.5. The maximum Gasteiger partial charge on any atom is 0.272 e. The standard InChI is InChI=1S/C33H29ClFN3O6S/c1-42-28-18-30(44-3)29(43-2)15-21(28)14-27(38-32(40)20-8-5-4-6-9-20)33(41)37-22-10-7-11-24(16-22)45-19-31(39)36-23-12-13-26(35)25(34)17-23/h4-18H,19H2,1-3H3,(H,36,39)(H,37,41)(H,38,40)/b27-14+. The van der Waals surface area contributed by atoms with Gasteiger partial charge < -0.3 is 30.2 Å². The number of ether oxygens (including phenoxy) is 3. The smallest absolute Gasteiger partial charge is 0.272 e. The van der Waals surface area contributed by atoms with E-state index >= 15 is 0 Å². The summed E-state index contributed by atoms with van der Waals surface area (Å²) < 4.78 is 29.7. The molecule has 45 heavy (non-hydrogen) atoms. The number of anilines is 2. The molecule has 4 rings (SSSR count). The van der Waals surface area contributed by atoms with E-state index in [0.29, 0.717) is 44.6 Å². The van der Waals surface area contributed by atoms with Gasteiger partial charge >= 0.3 is 0 Å². The van der Waals surface area contributed by atoms with Crippen molar-refractivity contribution in [2.24, 2.45) is 0 Å². The Labute approximate surface area is 268 Å². The van der Waals surface area contributed by atoms with Gasteiger partial charge in [0.2, 0.25) is 5.91 Å². The number of thioether (sulfide) groups is 1. The molecule has 3 N–H and O–H groups in total. The number of methoxy groups -OCH3 is 3. The highest BCUT2D eigenvalue weighted by Gasteiger charge is 2.18. The molecule has 0 fully saturated rings. The van der Waals surface area contributed by atoms with Crippen molar-refractivity contribution in [2.45, 2.75) is 4.90 Å². The Hall–Kier alpha value is -5.00. The molecule has 12 heteroatoms. The number of benzene rings is 4. The van der Waals surface area contributed by atoms with E-state index in [9.17, 15) is 18.8 Å². The van der Waals surface area contributed by atoms with Crippen LogP contribution in [0.5, 0.6) is 17.2 Å². The monoisotopic (exact) mass is 649 g/mol. The average Bonchev–Trinajstić information content (AvgIpc) is 3.05. The predicted molar refractivity (Wildman–Crippen MR) is 174 cm³/mol. The Bertz CT molecular complexity index is 1740. The molecule has 4 aromatic rings. The van der Waals surface area contributed by atoms with E-state index in [2.05, 4.69) is 16.0 Å². The molecule has 0 heterocycles. The van der Waals surface area contributed by atoms with Crippen molar-refractivity contribution in [3.05, 3.63) is 113 Å². The van der Waals surface area contributed by atoms with Gasteiger partial charge in [0.15, 0.2) is 11.5 Å². The summed E-state index contributed by atoms with van der Waals surface area (Å²) >= 11 is 7.02. The molecule has 0 atom stereocenters. The molecule has 0 radical (unpaired) electrons. The molecule has 0 saturated carbocycles. The summed E-state index contributed by atoms with van der Waals surface area (Å²) in [6.45, 7) is 0. The van der Waals surface area contributed by atoms with Crippen molar-refractivity contribution in [1.29, 1.82) is 0 Å². The second kappa shape index (κ2) is 15.6. The minimum absolute atomic E-state index is 0.0454. The summed E-state index contributed by atoms with van der Waals surface area (Å²) in [5.41, 5.74) is 1.54. The van der Waals surface area contributed by atoms with E-state index < -0.39 is 17.6 Å². The predicted octanol–water partition coefficient (Wildman–Crippen LogP) is 6.65. The van der Waals surface area contributed by atoms with Crippen molar-refractivity contribution in [1.82, 2.24) is 5.32 Å². The van der Waals surface area contributed by atoms with Crippen molar-refractivity contribution in [3.63, 3.8) is 0 Å². The Morgan fingerprint density at radius 1 is 0.800 bits per heavy atom. The number of rotatable bonds is 12. The first-order valence-corrected chi connectivity index (χ1v) is 14.7. The van der Waals surface area contributed by atoms with E-state index in [4.69, 9.17) is 25.8 Å². The first-order valence-electron chi connectivity index (χ1n) is 13.4. The number of amides is 3. The summed E-state index contributed by atoms with van der Waals surface area (Å²) in [4.78, 5) is 39.8. The molecule has 0 aromatic heterocycles. The van der Waals surface area contributed by atoms with E-state index in [-0.39, 0.29) is 22.4 Å². The van der Waals surface area contributed by atoms with Crippen molar-refractivity contribution in [2.75, 3.05) is 37.7 Å². The van der Waals surface area contributed by atoms with Gasteiger partial charge in [-0.05, 0) is 60.7 Å². The van der Waals surface area contributed by atoms with E-state index in [1.807, 2.05) is 0 Å². The lowest BCUT2D eigenvalue weighted by Crippen LogP contribution is -2.30. The quantitative estimate of drug-likeness (QED) is 0.116. The number of nitrogens with one attached hydrogen (secondary N) is 3. The Kier molecular flexibility index (Phi) is 11.4. The Balaban J connectivity index is 1.54. The molecule has 3 amide bonds. The number of hydrogen-bond acceptors (Lipinski definition) is 7. The summed E-state index contributed by atoms with van der Waals surface area (Å²) in [7, 11) is 4.45. The maximum absolute atomic E-state index is 13.6. The van der Waals surface area contributed by atoms with Crippen LogP contribution in [0.25, 0.3) is 6.08 Å². The second-order valence-electron chi connectivity index (χ2n) is 9.27. The lowest BCUT2D eigenvalue weighted by molar-refractivity contribution is -0.114. The molecule has 4 aromatic carbocycles. The fraction of sp³-hybridized carbons (Fsp3) is 0.121. The second-order valence-corrected chi connectivity index (χ2v) is 10.7. The highest BCUT2D eigenvalue weighted by atomic mass is 35.5. The number of carbonyl (C=O) groups is 3.